The highest BCUT2D eigenvalue weighted by atomic mass is 16.4. The van der Waals surface area contributed by atoms with Gasteiger partial charge in [-0.05, 0) is 12.1 Å². The van der Waals surface area contributed by atoms with Crippen LogP contribution < -0.4 is 0 Å². The van der Waals surface area contributed by atoms with Gasteiger partial charge in [0, 0.05) is 5.56 Å². The van der Waals surface area contributed by atoms with Gasteiger partial charge in [-0.3, -0.25) is 4.79 Å². The number of aromatic carboxylic acids is 1. The summed E-state index contributed by atoms with van der Waals surface area (Å²) in [6.07, 6.45) is 0.377. The van der Waals surface area contributed by atoms with E-state index in [2.05, 4.69) is 0 Å². The molecule has 1 aromatic carbocycles. The Bertz CT molecular complexity index is 404. The average Bonchev–Trinajstić information content (AvgIpc) is 2.16. The highest BCUT2D eigenvalue weighted by Crippen LogP contribution is 2.11. The van der Waals surface area contributed by atoms with Gasteiger partial charge in [-0.2, -0.15) is 5.26 Å². The summed E-state index contributed by atoms with van der Waals surface area (Å²) in [4.78, 5) is 21.1. The van der Waals surface area contributed by atoms with Crippen molar-refractivity contribution in [3.05, 3.63) is 34.9 Å². The molecule has 0 aliphatic heterocycles. The van der Waals surface area contributed by atoms with Crippen LogP contribution in [0.2, 0.25) is 0 Å². The second-order valence-corrected chi connectivity index (χ2v) is 2.30. The summed E-state index contributed by atoms with van der Waals surface area (Å²) < 4.78 is 0. The lowest BCUT2D eigenvalue weighted by Gasteiger charge is -1.99. The van der Waals surface area contributed by atoms with E-state index < -0.39 is 5.97 Å². The Kier molecular flexibility index (Phi) is 2.41. The van der Waals surface area contributed by atoms with Gasteiger partial charge in [0.25, 0.3) is 0 Å². The van der Waals surface area contributed by atoms with E-state index >= 15 is 0 Å². The molecule has 0 bridgehead atoms. The Labute approximate surface area is 74.0 Å². The van der Waals surface area contributed by atoms with E-state index in [0.29, 0.717) is 6.29 Å². The lowest BCUT2D eigenvalue weighted by Crippen LogP contribution is -2.03. The molecule has 1 rings (SSSR count). The monoisotopic (exact) mass is 175 g/mol. The summed E-state index contributed by atoms with van der Waals surface area (Å²) >= 11 is 0. The number of aldehydes is 1. The molecule has 0 radical (unpaired) electrons. The van der Waals surface area contributed by atoms with Crippen LogP contribution in [0.1, 0.15) is 26.3 Å². The van der Waals surface area contributed by atoms with Crippen molar-refractivity contribution in [2.45, 2.75) is 0 Å². The minimum absolute atomic E-state index is 0.0718. The van der Waals surface area contributed by atoms with Crippen molar-refractivity contribution >= 4 is 12.3 Å². The minimum atomic E-state index is -1.21. The lowest BCUT2D eigenvalue weighted by atomic mass is 10.0. The number of nitrogens with zero attached hydrogens (tertiary/aromatic N) is 1. The number of carbonyl (C=O) groups excluding carboxylic acids is 1. The van der Waals surface area contributed by atoms with Gasteiger partial charge in [0.15, 0.2) is 6.29 Å². The third-order valence-electron chi connectivity index (χ3n) is 1.57. The number of hydrogen-bond donors (Lipinski definition) is 1. The molecule has 0 unspecified atom stereocenters. The lowest BCUT2D eigenvalue weighted by molar-refractivity contribution is 0.0694. The van der Waals surface area contributed by atoms with Crippen LogP contribution in [0.15, 0.2) is 18.2 Å². The molecule has 13 heavy (non-hydrogen) atoms. The van der Waals surface area contributed by atoms with Crippen molar-refractivity contribution in [2.75, 3.05) is 0 Å². The quantitative estimate of drug-likeness (QED) is 0.682. The third kappa shape index (κ3) is 1.54. The van der Waals surface area contributed by atoms with Crippen molar-refractivity contribution in [3.63, 3.8) is 0 Å². The van der Waals surface area contributed by atoms with Crippen LogP contribution in [0.5, 0.6) is 0 Å². The fraction of sp³-hybridized carbons (Fsp3) is 0. The number of rotatable bonds is 2. The van der Waals surface area contributed by atoms with Gasteiger partial charge in [0.1, 0.15) is 0 Å². The predicted molar refractivity (Wildman–Crippen MR) is 43.5 cm³/mol. The maximum absolute atomic E-state index is 10.6. The number of carboxylic acid groups (broad SMARTS) is 1. The summed E-state index contributed by atoms with van der Waals surface area (Å²) in [6, 6.07) is 5.86. The molecule has 0 atom stereocenters. The highest BCUT2D eigenvalue weighted by molar-refractivity contribution is 5.98. The first-order chi connectivity index (χ1) is 6.20. The largest absolute Gasteiger partial charge is 0.478 e. The van der Waals surface area contributed by atoms with Crippen LogP contribution in [-0.2, 0) is 0 Å². The van der Waals surface area contributed by atoms with E-state index in [1.165, 1.54) is 18.2 Å². The summed E-state index contributed by atoms with van der Waals surface area (Å²) in [5.74, 6) is -1.21. The van der Waals surface area contributed by atoms with E-state index in [1.807, 2.05) is 0 Å². The molecule has 0 aliphatic carbocycles. The summed E-state index contributed by atoms with van der Waals surface area (Å²) in [6.45, 7) is 0. The molecule has 1 aromatic rings. The molecule has 0 spiro atoms. The number of hydrogen-bond acceptors (Lipinski definition) is 3. The van der Waals surface area contributed by atoms with Crippen molar-refractivity contribution in [3.8, 4) is 6.07 Å². The second-order valence-electron chi connectivity index (χ2n) is 2.30. The number of nitriles is 1. The molecular formula is C9H5NO3. The van der Waals surface area contributed by atoms with E-state index in [1.54, 1.807) is 6.07 Å². The zero-order chi connectivity index (χ0) is 9.84. The van der Waals surface area contributed by atoms with E-state index in [0.717, 1.165) is 0 Å². The summed E-state index contributed by atoms with van der Waals surface area (Å²) in [5, 5.41) is 17.2. The fourth-order valence-electron chi connectivity index (χ4n) is 0.976. The van der Waals surface area contributed by atoms with Crippen LogP contribution >= 0.6 is 0 Å². The molecule has 64 valence electrons. The average molecular weight is 175 g/mol. The Morgan fingerprint density at radius 2 is 2.23 bits per heavy atom. The summed E-state index contributed by atoms with van der Waals surface area (Å²) in [7, 11) is 0. The van der Waals surface area contributed by atoms with Crippen LogP contribution in [0.25, 0.3) is 0 Å². The Balaban J connectivity index is 3.46. The zero-order valence-corrected chi connectivity index (χ0v) is 6.52. The maximum atomic E-state index is 10.6. The van der Waals surface area contributed by atoms with E-state index in [-0.39, 0.29) is 16.7 Å². The van der Waals surface area contributed by atoms with Gasteiger partial charge in [-0.1, -0.05) is 6.07 Å². The molecular weight excluding hydrogens is 170 g/mol. The first kappa shape index (κ1) is 8.94. The molecule has 0 heterocycles. The van der Waals surface area contributed by atoms with Crippen molar-refractivity contribution in [2.24, 2.45) is 0 Å². The van der Waals surface area contributed by atoms with Crippen molar-refractivity contribution < 1.29 is 14.7 Å². The predicted octanol–water partition coefficient (Wildman–Crippen LogP) is 1.07. The smallest absolute Gasteiger partial charge is 0.336 e. The minimum Gasteiger partial charge on any atom is -0.478 e. The third-order valence-corrected chi connectivity index (χ3v) is 1.57. The van der Waals surface area contributed by atoms with Crippen molar-refractivity contribution in [1.29, 1.82) is 5.26 Å². The Morgan fingerprint density at radius 1 is 1.54 bits per heavy atom. The van der Waals surface area contributed by atoms with Crippen LogP contribution in [-0.4, -0.2) is 17.4 Å². The van der Waals surface area contributed by atoms with Gasteiger partial charge in [-0.15, -0.1) is 0 Å². The zero-order valence-electron chi connectivity index (χ0n) is 6.52. The summed E-state index contributed by atoms with van der Waals surface area (Å²) in [5.41, 5.74) is -0.138. The maximum Gasteiger partial charge on any atom is 0.336 e. The molecule has 0 amide bonds. The number of carboxylic acids is 1. The standard InChI is InChI=1S/C9H5NO3/c10-4-6-2-1-3-7(9(12)13)8(6)5-11/h1-3,5H,(H,12,13). The molecule has 0 saturated carbocycles. The first-order valence-electron chi connectivity index (χ1n) is 3.42. The molecule has 4 heteroatoms. The van der Waals surface area contributed by atoms with Crippen LogP contribution in [0, 0.1) is 11.3 Å². The second kappa shape index (κ2) is 3.50. The van der Waals surface area contributed by atoms with Gasteiger partial charge < -0.3 is 5.11 Å². The van der Waals surface area contributed by atoms with E-state index in [4.69, 9.17) is 10.4 Å². The SMILES string of the molecule is N#Cc1cccc(C(=O)O)c1C=O. The van der Waals surface area contributed by atoms with Crippen LogP contribution in [0.4, 0.5) is 0 Å². The normalized spacial score (nSPS) is 8.85. The van der Waals surface area contributed by atoms with Gasteiger partial charge in [0.2, 0.25) is 0 Å². The number of carbonyl (C=O) groups is 2. The topological polar surface area (TPSA) is 78.2 Å². The number of benzene rings is 1. The van der Waals surface area contributed by atoms with Crippen molar-refractivity contribution in [1.82, 2.24) is 0 Å². The molecule has 0 aliphatic rings. The molecule has 0 aromatic heterocycles. The van der Waals surface area contributed by atoms with Gasteiger partial charge in [-0.25, -0.2) is 4.79 Å². The molecule has 0 fully saturated rings. The van der Waals surface area contributed by atoms with Crippen LogP contribution in [0.3, 0.4) is 0 Å². The Morgan fingerprint density at radius 3 is 2.69 bits per heavy atom. The highest BCUT2D eigenvalue weighted by Gasteiger charge is 2.12. The molecule has 1 N–H and O–H groups in total. The first-order valence-corrected chi connectivity index (χ1v) is 3.42. The molecule has 0 saturated heterocycles. The van der Waals surface area contributed by atoms with E-state index in [9.17, 15) is 9.59 Å². The van der Waals surface area contributed by atoms with Gasteiger partial charge in [0.05, 0.1) is 17.2 Å². The van der Waals surface area contributed by atoms with Gasteiger partial charge >= 0.3 is 5.97 Å². The Hall–Kier alpha value is -2.15. The molecule has 4 nitrogen and oxygen atoms in total. The fourth-order valence-corrected chi connectivity index (χ4v) is 0.976.